The second-order valence-corrected chi connectivity index (χ2v) is 11.9. The summed E-state index contributed by atoms with van der Waals surface area (Å²) in [4.78, 5) is 56.4. The average molecular weight is 569 g/mol. The molecule has 9 heteroatoms. The van der Waals surface area contributed by atoms with E-state index in [0.29, 0.717) is 25.9 Å². The van der Waals surface area contributed by atoms with Crippen molar-refractivity contribution in [1.29, 1.82) is 0 Å². The molecule has 2 heterocycles. The lowest BCUT2D eigenvalue weighted by Gasteiger charge is -2.26. The van der Waals surface area contributed by atoms with Gasteiger partial charge < -0.3 is 25.7 Å². The number of Topliss-reactive ketones (excluding diaryl/α,β-unsaturated/α-hetero) is 1. The third kappa shape index (κ3) is 9.42. The van der Waals surface area contributed by atoms with E-state index in [4.69, 9.17) is 4.74 Å². The predicted octanol–water partition coefficient (Wildman–Crippen LogP) is 4.34. The summed E-state index contributed by atoms with van der Waals surface area (Å²) in [5.41, 5.74) is 0.997. The first-order chi connectivity index (χ1) is 19.6. The Kier molecular flexibility index (Phi) is 11.9. The third-order valence-electron chi connectivity index (χ3n) is 7.68. The van der Waals surface area contributed by atoms with Gasteiger partial charge in [0.2, 0.25) is 17.7 Å². The van der Waals surface area contributed by atoms with Gasteiger partial charge in [-0.25, -0.2) is 0 Å². The lowest BCUT2D eigenvalue weighted by atomic mass is 9.93. The number of amides is 3. The average Bonchev–Trinajstić information content (AvgIpc) is 3.57. The molecule has 226 valence electrons. The molecular weight excluding hydrogens is 520 g/mol. The second-order valence-electron chi connectivity index (χ2n) is 11.9. The van der Waals surface area contributed by atoms with Crippen molar-refractivity contribution in [3.8, 4) is 0 Å². The van der Waals surface area contributed by atoms with Gasteiger partial charge in [0.05, 0.1) is 12.6 Å². The van der Waals surface area contributed by atoms with Crippen molar-refractivity contribution >= 4 is 34.4 Å². The van der Waals surface area contributed by atoms with E-state index in [-0.39, 0.29) is 24.0 Å². The highest BCUT2D eigenvalue weighted by Gasteiger charge is 2.50. The topological polar surface area (TPSA) is 133 Å². The van der Waals surface area contributed by atoms with Crippen LogP contribution in [0.25, 0.3) is 10.9 Å². The minimum atomic E-state index is -0.860. The first-order valence-electron chi connectivity index (χ1n) is 15.2. The number of unbranched alkanes of at least 4 members (excludes halogenated alkanes) is 3. The molecule has 0 saturated carbocycles. The fraction of sp³-hybridized carbons (Fsp3) is 0.625. The van der Waals surface area contributed by atoms with E-state index in [2.05, 4.69) is 27.9 Å². The van der Waals surface area contributed by atoms with E-state index >= 15 is 0 Å². The number of ketones is 1. The molecule has 1 aliphatic rings. The van der Waals surface area contributed by atoms with Crippen LogP contribution in [0.1, 0.15) is 91.5 Å². The van der Waals surface area contributed by atoms with Crippen LogP contribution < -0.4 is 16.0 Å². The maximum atomic E-state index is 13.7. The Morgan fingerprint density at radius 2 is 1.59 bits per heavy atom. The SMILES string of the molecule is CCCCCC(=O)NC(Cc1c[nH]c2ccccc12)C(=O)NC(CCCC)C(=O)NC(CC(C)C)C(=O)C1(C)CO1. The number of carbonyl (C=O) groups excluding carboxylic acids is 4. The zero-order valence-electron chi connectivity index (χ0n) is 25.3. The molecule has 1 aliphatic heterocycles. The Morgan fingerprint density at radius 1 is 0.927 bits per heavy atom. The monoisotopic (exact) mass is 568 g/mol. The zero-order valence-corrected chi connectivity index (χ0v) is 25.3. The lowest BCUT2D eigenvalue weighted by molar-refractivity contribution is -0.134. The Hall–Kier alpha value is -3.20. The molecule has 1 aromatic carbocycles. The number of aromatic amines is 1. The molecule has 0 radical (unpaired) electrons. The van der Waals surface area contributed by atoms with Crippen LogP contribution in [0.3, 0.4) is 0 Å². The smallest absolute Gasteiger partial charge is 0.243 e. The van der Waals surface area contributed by atoms with Gasteiger partial charge in [0, 0.05) is 29.9 Å². The number of H-pyrrole nitrogens is 1. The summed E-state index contributed by atoms with van der Waals surface area (Å²) in [5.74, 6) is -0.960. The summed E-state index contributed by atoms with van der Waals surface area (Å²) < 4.78 is 5.36. The number of epoxide rings is 1. The van der Waals surface area contributed by atoms with Crippen LogP contribution in [0.15, 0.2) is 30.5 Å². The third-order valence-corrected chi connectivity index (χ3v) is 7.68. The number of aromatic nitrogens is 1. The Labute approximate surface area is 243 Å². The summed E-state index contributed by atoms with van der Waals surface area (Å²) in [5, 5.41) is 9.74. The van der Waals surface area contributed by atoms with Gasteiger partial charge in [0.15, 0.2) is 5.78 Å². The molecule has 1 aromatic heterocycles. The van der Waals surface area contributed by atoms with E-state index in [0.717, 1.165) is 48.6 Å². The molecule has 2 aromatic rings. The zero-order chi connectivity index (χ0) is 30.0. The van der Waals surface area contributed by atoms with Crippen molar-refractivity contribution in [3.05, 3.63) is 36.0 Å². The van der Waals surface area contributed by atoms with Gasteiger partial charge >= 0.3 is 0 Å². The number of nitrogens with one attached hydrogen (secondary N) is 4. The maximum Gasteiger partial charge on any atom is 0.243 e. The molecule has 41 heavy (non-hydrogen) atoms. The fourth-order valence-corrected chi connectivity index (χ4v) is 5.08. The molecule has 1 saturated heterocycles. The first-order valence-corrected chi connectivity index (χ1v) is 15.2. The number of hydrogen-bond donors (Lipinski definition) is 4. The Morgan fingerprint density at radius 3 is 2.24 bits per heavy atom. The number of para-hydroxylation sites is 1. The van der Waals surface area contributed by atoms with Crippen LogP contribution in [0, 0.1) is 5.92 Å². The van der Waals surface area contributed by atoms with Gasteiger partial charge in [-0.2, -0.15) is 0 Å². The molecule has 3 rings (SSSR count). The summed E-state index contributed by atoms with van der Waals surface area (Å²) in [6.45, 7) is 10.2. The van der Waals surface area contributed by atoms with E-state index < -0.39 is 35.5 Å². The van der Waals surface area contributed by atoms with E-state index in [1.165, 1.54) is 0 Å². The minimum Gasteiger partial charge on any atom is -0.361 e. The molecule has 4 N–H and O–H groups in total. The number of rotatable bonds is 18. The van der Waals surface area contributed by atoms with Crippen molar-refractivity contribution in [2.75, 3.05) is 6.61 Å². The highest BCUT2D eigenvalue weighted by atomic mass is 16.6. The van der Waals surface area contributed by atoms with E-state index in [1.807, 2.05) is 51.2 Å². The molecule has 4 unspecified atom stereocenters. The normalized spacial score (nSPS) is 18.5. The molecule has 0 spiro atoms. The van der Waals surface area contributed by atoms with Crippen molar-refractivity contribution < 1.29 is 23.9 Å². The van der Waals surface area contributed by atoms with Crippen LogP contribution >= 0.6 is 0 Å². The molecule has 0 aliphatic carbocycles. The summed E-state index contributed by atoms with van der Waals surface area (Å²) in [6.07, 6.45) is 7.62. The summed E-state index contributed by atoms with van der Waals surface area (Å²) in [6, 6.07) is 5.43. The molecule has 3 amide bonds. The second kappa shape index (κ2) is 15.1. The number of hydrogen-bond acceptors (Lipinski definition) is 5. The molecule has 9 nitrogen and oxygen atoms in total. The largest absolute Gasteiger partial charge is 0.361 e. The van der Waals surface area contributed by atoms with Crippen molar-refractivity contribution in [2.45, 2.75) is 116 Å². The Bertz CT molecular complexity index is 1190. The number of benzene rings is 1. The van der Waals surface area contributed by atoms with Gasteiger partial charge in [-0.15, -0.1) is 0 Å². The number of carbonyl (C=O) groups is 4. The molecule has 0 bridgehead atoms. The van der Waals surface area contributed by atoms with Gasteiger partial charge in [-0.05, 0) is 43.7 Å². The van der Waals surface area contributed by atoms with Crippen molar-refractivity contribution in [3.63, 3.8) is 0 Å². The minimum absolute atomic E-state index is 0.142. The summed E-state index contributed by atoms with van der Waals surface area (Å²) in [7, 11) is 0. The van der Waals surface area contributed by atoms with Gasteiger partial charge in [0.1, 0.15) is 17.7 Å². The molecule has 1 fully saturated rings. The van der Waals surface area contributed by atoms with E-state index in [9.17, 15) is 19.2 Å². The van der Waals surface area contributed by atoms with Gasteiger partial charge in [-0.1, -0.05) is 71.6 Å². The van der Waals surface area contributed by atoms with Crippen molar-refractivity contribution in [2.24, 2.45) is 5.92 Å². The number of ether oxygens (including phenoxy) is 1. The van der Waals surface area contributed by atoms with Gasteiger partial charge in [-0.3, -0.25) is 19.2 Å². The highest BCUT2D eigenvalue weighted by molar-refractivity contribution is 5.98. The summed E-state index contributed by atoms with van der Waals surface area (Å²) >= 11 is 0. The Balaban J connectivity index is 1.78. The van der Waals surface area contributed by atoms with Crippen LogP contribution in [-0.4, -0.2) is 58.8 Å². The van der Waals surface area contributed by atoms with Crippen LogP contribution in [0.2, 0.25) is 0 Å². The number of fused-ring (bicyclic) bond motifs is 1. The van der Waals surface area contributed by atoms with Crippen molar-refractivity contribution in [1.82, 2.24) is 20.9 Å². The first kappa shape index (κ1) is 32.3. The standard InChI is InChI=1S/C32H48N4O5/c1-6-8-10-16-28(37)34-27(18-22-19-33-24-15-12-11-13-23(22)24)31(40)35-25(14-9-7-2)30(39)36-26(17-21(3)4)29(38)32(5)20-41-32/h11-13,15,19,21,25-27,33H,6-10,14,16-18,20H2,1-5H3,(H,34,37)(H,35,40)(H,36,39). The van der Waals surface area contributed by atoms with E-state index in [1.54, 1.807) is 6.92 Å². The van der Waals surface area contributed by atoms with Gasteiger partial charge in [0.25, 0.3) is 0 Å². The molecule has 4 atom stereocenters. The quantitative estimate of drug-likeness (QED) is 0.157. The fourth-order valence-electron chi connectivity index (χ4n) is 5.08. The predicted molar refractivity (Wildman–Crippen MR) is 160 cm³/mol. The van der Waals surface area contributed by atoms with Crippen LogP contribution in [0.5, 0.6) is 0 Å². The maximum absolute atomic E-state index is 13.7. The lowest BCUT2D eigenvalue weighted by Crippen LogP contribution is -2.57. The van der Waals surface area contributed by atoms with Crippen LogP contribution in [0.4, 0.5) is 0 Å². The highest BCUT2D eigenvalue weighted by Crippen LogP contribution is 2.29. The van der Waals surface area contributed by atoms with Crippen LogP contribution in [-0.2, 0) is 30.3 Å². The molecular formula is C32H48N4O5.